The molecule has 0 amide bonds. The zero-order valence-corrected chi connectivity index (χ0v) is 14.9. The molecular formula is C14H30O11. The highest BCUT2D eigenvalue weighted by molar-refractivity contribution is 5.66. The van der Waals surface area contributed by atoms with Gasteiger partial charge in [-0.15, -0.1) is 0 Å². The molecule has 0 aromatic rings. The topological polar surface area (TPSA) is 210 Å². The number of hydrogen-bond acceptors (Lipinski definition) is 7. The molecule has 152 valence electrons. The number of carbonyl (C=O) groups is 4. The molecule has 0 rings (SSSR count). The van der Waals surface area contributed by atoms with Crippen molar-refractivity contribution in [3.05, 3.63) is 0 Å². The van der Waals surface area contributed by atoms with Crippen LogP contribution >= 0.6 is 0 Å². The number of aliphatic hydroxyl groups excluding tert-OH is 3. The highest BCUT2D eigenvalue weighted by atomic mass is 16.4. The molecule has 0 heterocycles. The maximum Gasteiger partial charge on any atom is 0.303 e. The third-order valence-corrected chi connectivity index (χ3v) is 1.17. The van der Waals surface area contributed by atoms with Crippen LogP contribution in [-0.2, 0) is 19.2 Å². The summed E-state index contributed by atoms with van der Waals surface area (Å²) in [6, 6.07) is 0. The number of unbranched alkanes of at least 4 members (excludes halogenated alkanes) is 1. The third kappa shape index (κ3) is 256. The van der Waals surface area contributed by atoms with Crippen LogP contribution in [0.25, 0.3) is 0 Å². The van der Waals surface area contributed by atoms with Crippen molar-refractivity contribution in [1.29, 1.82) is 0 Å². The molecule has 11 nitrogen and oxygen atoms in total. The Morgan fingerprint density at radius 3 is 1.04 bits per heavy atom. The lowest BCUT2D eigenvalue weighted by atomic mass is 10.3. The molecule has 0 fully saturated rings. The lowest BCUT2D eigenvalue weighted by Crippen LogP contribution is -2.15. The van der Waals surface area contributed by atoms with Gasteiger partial charge >= 0.3 is 5.97 Å². The molecule has 0 atom stereocenters. The van der Waals surface area contributed by atoms with Crippen LogP contribution in [0, 0.1) is 0 Å². The van der Waals surface area contributed by atoms with E-state index in [0.29, 0.717) is 6.42 Å². The summed E-state index contributed by atoms with van der Waals surface area (Å²) in [4.78, 5) is 36.8. The first-order chi connectivity index (χ1) is 11.3. The van der Waals surface area contributed by atoms with Gasteiger partial charge in [0.1, 0.15) is 6.10 Å². The van der Waals surface area contributed by atoms with E-state index in [4.69, 9.17) is 50.1 Å². The van der Waals surface area contributed by atoms with Gasteiger partial charge in [0.05, 0.1) is 13.2 Å². The minimum absolute atomic E-state index is 0.316. The van der Waals surface area contributed by atoms with Crippen LogP contribution < -0.4 is 0 Å². The van der Waals surface area contributed by atoms with E-state index >= 15 is 0 Å². The van der Waals surface area contributed by atoms with E-state index in [-0.39, 0.29) is 13.2 Å². The molecule has 25 heavy (non-hydrogen) atoms. The van der Waals surface area contributed by atoms with Gasteiger partial charge in [0.2, 0.25) is 0 Å². The molecule has 0 aliphatic heterocycles. The van der Waals surface area contributed by atoms with Crippen molar-refractivity contribution >= 4 is 23.9 Å². The average molecular weight is 374 g/mol. The van der Waals surface area contributed by atoms with Crippen LogP contribution in [0.3, 0.4) is 0 Å². The van der Waals surface area contributed by atoms with E-state index in [1.165, 1.54) is 0 Å². The molecule has 0 aliphatic carbocycles. The Morgan fingerprint density at radius 2 is 1.00 bits per heavy atom. The van der Waals surface area contributed by atoms with Crippen LogP contribution in [0.4, 0.5) is 0 Å². The van der Waals surface area contributed by atoms with Crippen LogP contribution in [-0.4, -0.2) is 78.9 Å². The van der Waals surface area contributed by atoms with Gasteiger partial charge in [0.15, 0.2) is 0 Å². The molecule has 0 saturated carbocycles. The van der Waals surface area contributed by atoms with Crippen LogP contribution in [0.5, 0.6) is 0 Å². The van der Waals surface area contributed by atoms with E-state index in [1.807, 2.05) is 6.92 Å². The van der Waals surface area contributed by atoms with Crippen molar-refractivity contribution in [1.82, 2.24) is 0 Å². The van der Waals surface area contributed by atoms with Crippen molar-refractivity contribution in [2.75, 3.05) is 13.2 Å². The van der Waals surface area contributed by atoms with E-state index in [0.717, 1.165) is 33.6 Å². The molecule has 0 unspecified atom stereocenters. The first-order valence-electron chi connectivity index (χ1n) is 6.98. The summed E-state index contributed by atoms with van der Waals surface area (Å²) >= 11 is 0. The van der Waals surface area contributed by atoms with Crippen molar-refractivity contribution in [2.45, 2.75) is 53.1 Å². The number of carboxylic acids is 4. The lowest BCUT2D eigenvalue weighted by molar-refractivity contribution is -0.137. The van der Waals surface area contributed by atoms with E-state index < -0.39 is 30.0 Å². The number of carboxylic acid groups (broad SMARTS) is 4. The van der Waals surface area contributed by atoms with Gasteiger partial charge in [-0.3, -0.25) is 19.2 Å². The summed E-state index contributed by atoms with van der Waals surface area (Å²) in [5, 5.41) is 54.3. The van der Waals surface area contributed by atoms with Gasteiger partial charge < -0.3 is 35.7 Å². The highest BCUT2D eigenvalue weighted by Crippen LogP contribution is 1.91. The highest BCUT2D eigenvalue weighted by Gasteiger charge is 1.93. The normalized spacial score (nSPS) is 7.84. The largest absolute Gasteiger partial charge is 0.481 e. The smallest absolute Gasteiger partial charge is 0.303 e. The zero-order valence-electron chi connectivity index (χ0n) is 14.9. The molecule has 0 spiro atoms. The van der Waals surface area contributed by atoms with E-state index in [2.05, 4.69) is 0 Å². The summed E-state index contributed by atoms with van der Waals surface area (Å²) in [7, 11) is 0. The Morgan fingerprint density at radius 1 is 0.760 bits per heavy atom. The Bertz CT molecular complexity index is 284. The Balaban J connectivity index is -0.0000000683. The Labute approximate surface area is 146 Å². The van der Waals surface area contributed by atoms with Crippen LogP contribution in [0.15, 0.2) is 0 Å². The fourth-order valence-electron chi connectivity index (χ4n) is 0.386. The van der Waals surface area contributed by atoms with Crippen LogP contribution in [0.2, 0.25) is 0 Å². The summed E-state index contributed by atoms with van der Waals surface area (Å²) in [5.74, 6) is -3.19. The maximum absolute atomic E-state index is 9.76. The second-order valence-corrected chi connectivity index (χ2v) is 4.07. The number of aliphatic carboxylic acids is 4. The lowest BCUT2D eigenvalue weighted by Gasteiger charge is -1.96. The van der Waals surface area contributed by atoms with Crippen LogP contribution in [0.1, 0.15) is 47.0 Å². The SMILES string of the molecule is CC(=O)O.CC(=O)O.CC(=O)O.CCCCC(=O)O.OCC(O)CO. The van der Waals surface area contributed by atoms with Gasteiger partial charge in [0.25, 0.3) is 17.9 Å². The molecule has 11 heteroatoms. The predicted octanol–water partition coefficient (Wildman–Crippen LogP) is -0.134. The summed E-state index contributed by atoms with van der Waals surface area (Å²) in [5.41, 5.74) is 0. The van der Waals surface area contributed by atoms with Crippen molar-refractivity contribution < 1.29 is 54.9 Å². The van der Waals surface area contributed by atoms with Crippen molar-refractivity contribution in [2.24, 2.45) is 0 Å². The van der Waals surface area contributed by atoms with E-state index in [9.17, 15) is 4.79 Å². The molecule has 0 radical (unpaired) electrons. The van der Waals surface area contributed by atoms with Gasteiger partial charge in [-0.05, 0) is 6.42 Å². The van der Waals surface area contributed by atoms with Crippen molar-refractivity contribution in [3.63, 3.8) is 0 Å². The van der Waals surface area contributed by atoms with Gasteiger partial charge in [-0.25, -0.2) is 0 Å². The molecule has 0 aromatic carbocycles. The zero-order chi connectivity index (χ0) is 21.4. The number of rotatable bonds is 5. The quantitative estimate of drug-likeness (QED) is 0.336. The summed E-state index contributed by atoms with van der Waals surface area (Å²) in [6.45, 7) is 4.50. The average Bonchev–Trinajstić information content (AvgIpc) is 2.43. The monoisotopic (exact) mass is 374 g/mol. The third-order valence-electron chi connectivity index (χ3n) is 1.17. The van der Waals surface area contributed by atoms with Crippen molar-refractivity contribution in [3.8, 4) is 0 Å². The standard InChI is InChI=1S/C5H10O2.C3H8O3.3C2H4O2/c1-2-3-4-5(6)7;4-1-3(6)2-5;3*1-2(3)4/h2-4H2,1H3,(H,6,7);3-6H,1-2H2;3*1H3,(H,3,4). The van der Waals surface area contributed by atoms with Gasteiger partial charge in [-0.2, -0.15) is 0 Å². The summed E-state index contributed by atoms with van der Waals surface area (Å²) in [6.07, 6.45) is 1.13. The second kappa shape index (κ2) is 29.7. The molecule has 0 aromatic heterocycles. The second-order valence-electron chi connectivity index (χ2n) is 4.07. The molecule has 0 aliphatic rings. The Kier molecular flexibility index (Phi) is 40.6. The summed E-state index contributed by atoms with van der Waals surface area (Å²) < 4.78 is 0. The molecule has 0 bridgehead atoms. The number of hydrogen-bond donors (Lipinski definition) is 7. The van der Waals surface area contributed by atoms with Gasteiger partial charge in [0, 0.05) is 27.2 Å². The predicted molar refractivity (Wildman–Crippen MR) is 87.3 cm³/mol. The first-order valence-corrected chi connectivity index (χ1v) is 6.98. The fraction of sp³-hybridized carbons (Fsp3) is 0.714. The van der Waals surface area contributed by atoms with Gasteiger partial charge in [-0.1, -0.05) is 13.3 Å². The minimum Gasteiger partial charge on any atom is -0.481 e. The van der Waals surface area contributed by atoms with E-state index in [1.54, 1.807) is 0 Å². The molecule has 7 N–H and O–H groups in total. The Hall–Kier alpha value is -2.24. The molecular weight excluding hydrogens is 344 g/mol. The minimum atomic E-state index is -0.954. The first kappa shape index (κ1) is 34.2. The molecule has 0 saturated heterocycles. The number of aliphatic hydroxyl groups is 3. The fourth-order valence-corrected chi connectivity index (χ4v) is 0.386. The maximum atomic E-state index is 9.76.